The van der Waals surface area contributed by atoms with Gasteiger partial charge < -0.3 is 10.2 Å². The van der Waals surface area contributed by atoms with E-state index in [0.717, 1.165) is 38.6 Å². The maximum atomic E-state index is 12.5. The number of carbonyl (C=O) groups excluding carboxylic acids is 1. The first-order chi connectivity index (χ1) is 10.1. The SMILES string of the molecule is CNCCC1CCN(CC(=O)N2CC(C)CC(C)C2)CC1. The maximum Gasteiger partial charge on any atom is 0.236 e. The number of amides is 1. The van der Waals surface area contributed by atoms with E-state index in [-0.39, 0.29) is 0 Å². The van der Waals surface area contributed by atoms with Crippen molar-refractivity contribution in [1.29, 1.82) is 0 Å². The lowest BCUT2D eigenvalue weighted by atomic mass is 9.91. The minimum atomic E-state index is 0.349. The van der Waals surface area contributed by atoms with Crippen molar-refractivity contribution < 1.29 is 4.79 Å². The van der Waals surface area contributed by atoms with Gasteiger partial charge in [-0.1, -0.05) is 13.8 Å². The highest BCUT2D eigenvalue weighted by molar-refractivity contribution is 5.78. The lowest BCUT2D eigenvalue weighted by Crippen LogP contribution is -2.48. The van der Waals surface area contributed by atoms with Gasteiger partial charge in [-0.25, -0.2) is 0 Å². The Morgan fingerprint density at radius 3 is 2.33 bits per heavy atom. The molecule has 0 aliphatic carbocycles. The lowest BCUT2D eigenvalue weighted by molar-refractivity contribution is -0.135. The van der Waals surface area contributed by atoms with Crippen molar-refractivity contribution in [3.8, 4) is 0 Å². The molecule has 0 aromatic carbocycles. The van der Waals surface area contributed by atoms with Crippen LogP contribution in [0.25, 0.3) is 0 Å². The molecule has 4 heteroatoms. The fraction of sp³-hybridized carbons (Fsp3) is 0.941. The van der Waals surface area contributed by atoms with E-state index >= 15 is 0 Å². The zero-order valence-electron chi connectivity index (χ0n) is 14.1. The Morgan fingerprint density at radius 1 is 1.14 bits per heavy atom. The van der Waals surface area contributed by atoms with Crippen LogP contribution in [0.15, 0.2) is 0 Å². The number of rotatable bonds is 5. The Labute approximate surface area is 130 Å². The lowest BCUT2D eigenvalue weighted by Gasteiger charge is -2.37. The van der Waals surface area contributed by atoms with Crippen LogP contribution in [0, 0.1) is 17.8 Å². The molecule has 0 radical (unpaired) electrons. The maximum absolute atomic E-state index is 12.5. The van der Waals surface area contributed by atoms with Crippen LogP contribution in [-0.2, 0) is 4.79 Å². The van der Waals surface area contributed by atoms with E-state index in [2.05, 4.69) is 29.0 Å². The molecule has 2 rings (SSSR count). The molecule has 2 saturated heterocycles. The van der Waals surface area contributed by atoms with Crippen LogP contribution in [-0.4, -0.2) is 62.0 Å². The van der Waals surface area contributed by atoms with Crippen molar-refractivity contribution in [2.24, 2.45) is 17.8 Å². The van der Waals surface area contributed by atoms with Crippen molar-refractivity contribution in [3.05, 3.63) is 0 Å². The Balaban J connectivity index is 1.71. The van der Waals surface area contributed by atoms with Crippen LogP contribution in [0.1, 0.15) is 39.5 Å². The van der Waals surface area contributed by atoms with Crippen molar-refractivity contribution in [2.45, 2.75) is 39.5 Å². The average molecular weight is 295 g/mol. The molecule has 0 saturated carbocycles. The molecule has 2 fully saturated rings. The fourth-order valence-electron chi connectivity index (χ4n) is 3.94. The zero-order chi connectivity index (χ0) is 15.2. The quantitative estimate of drug-likeness (QED) is 0.840. The first-order valence-corrected chi connectivity index (χ1v) is 8.73. The van der Waals surface area contributed by atoms with Crippen LogP contribution in [0.3, 0.4) is 0 Å². The normalized spacial score (nSPS) is 28.8. The van der Waals surface area contributed by atoms with Crippen molar-refractivity contribution in [2.75, 3.05) is 46.3 Å². The number of hydrogen-bond donors (Lipinski definition) is 1. The Morgan fingerprint density at radius 2 is 1.76 bits per heavy atom. The summed E-state index contributed by atoms with van der Waals surface area (Å²) in [6.07, 6.45) is 5.05. The molecule has 0 spiro atoms. The summed E-state index contributed by atoms with van der Waals surface area (Å²) in [6.45, 7) is 10.4. The Hall–Kier alpha value is -0.610. The topological polar surface area (TPSA) is 35.6 Å². The summed E-state index contributed by atoms with van der Waals surface area (Å²) in [7, 11) is 2.02. The molecule has 2 aliphatic heterocycles. The third kappa shape index (κ3) is 5.26. The van der Waals surface area contributed by atoms with E-state index in [1.54, 1.807) is 0 Å². The van der Waals surface area contributed by atoms with Gasteiger partial charge >= 0.3 is 0 Å². The van der Waals surface area contributed by atoms with Gasteiger partial charge in [0, 0.05) is 13.1 Å². The average Bonchev–Trinajstić information content (AvgIpc) is 2.45. The second kappa shape index (κ2) is 8.14. The van der Waals surface area contributed by atoms with Crippen LogP contribution >= 0.6 is 0 Å². The molecule has 1 N–H and O–H groups in total. The standard InChI is InChI=1S/C17H33N3O/c1-14-10-15(2)12-20(11-14)17(21)13-19-8-5-16(6-9-19)4-7-18-3/h14-16,18H,4-13H2,1-3H3. The highest BCUT2D eigenvalue weighted by atomic mass is 16.2. The number of nitrogens with one attached hydrogen (secondary N) is 1. The van der Waals surface area contributed by atoms with Crippen LogP contribution in [0.5, 0.6) is 0 Å². The summed E-state index contributed by atoms with van der Waals surface area (Å²) in [5.74, 6) is 2.51. The number of hydrogen-bond acceptors (Lipinski definition) is 3. The van der Waals surface area contributed by atoms with Crippen LogP contribution < -0.4 is 5.32 Å². The molecular formula is C17H33N3O. The second-order valence-corrected chi connectivity index (χ2v) is 7.36. The highest BCUT2D eigenvalue weighted by Gasteiger charge is 2.27. The number of likely N-dealkylation sites (tertiary alicyclic amines) is 2. The van der Waals surface area contributed by atoms with Crippen LogP contribution in [0.4, 0.5) is 0 Å². The van der Waals surface area contributed by atoms with E-state index in [4.69, 9.17) is 0 Å². The van der Waals surface area contributed by atoms with Gasteiger partial charge in [0.1, 0.15) is 0 Å². The van der Waals surface area contributed by atoms with E-state index in [9.17, 15) is 4.79 Å². The van der Waals surface area contributed by atoms with Gasteiger partial charge in [0.2, 0.25) is 5.91 Å². The Bertz CT molecular complexity index is 316. The van der Waals surface area contributed by atoms with Crippen molar-refractivity contribution >= 4 is 5.91 Å². The van der Waals surface area contributed by atoms with Gasteiger partial charge in [-0.3, -0.25) is 9.69 Å². The van der Waals surface area contributed by atoms with Crippen molar-refractivity contribution in [1.82, 2.24) is 15.1 Å². The van der Waals surface area contributed by atoms with E-state index < -0.39 is 0 Å². The molecule has 0 aromatic rings. The summed E-state index contributed by atoms with van der Waals surface area (Å²) < 4.78 is 0. The minimum absolute atomic E-state index is 0.349. The molecule has 0 aromatic heterocycles. The summed E-state index contributed by atoms with van der Waals surface area (Å²) in [5.41, 5.74) is 0. The molecule has 4 nitrogen and oxygen atoms in total. The first kappa shape index (κ1) is 16.8. The van der Waals surface area contributed by atoms with Gasteiger partial charge in [-0.05, 0) is 70.1 Å². The third-order valence-electron chi connectivity index (χ3n) is 5.09. The molecular weight excluding hydrogens is 262 g/mol. The smallest absolute Gasteiger partial charge is 0.236 e. The number of piperidine rings is 2. The Kier molecular flexibility index (Phi) is 6.49. The fourth-order valence-corrected chi connectivity index (χ4v) is 3.94. The molecule has 1 amide bonds. The monoisotopic (exact) mass is 295 g/mol. The van der Waals surface area contributed by atoms with Crippen molar-refractivity contribution in [3.63, 3.8) is 0 Å². The molecule has 21 heavy (non-hydrogen) atoms. The third-order valence-corrected chi connectivity index (χ3v) is 5.09. The molecule has 2 atom stereocenters. The number of carbonyl (C=O) groups is 1. The van der Waals surface area contributed by atoms with Gasteiger partial charge in [-0.2, -0.15) is 0 Å². The largest absolute Gasteiger partial charge is 0.341 e. The van der Waals surface area contributed by atoms with E-state index in [0.29, 0.717) is 24.3 Å². The van der Waals surface area contributed by atoms with E-state index in [1.165, 1.54) is 25.7 Å². The van der Waals surface area contributed by atoms with Gasteiger partial charge in [0.15, 0.2) is 0 Å². The minimum Gasteiger partial charge on any atom is -0.341 e. The zero-order valence-corrected chi connectivity index (χ0v) is 14.1. The summed E-state index contributed by atoms with van der Waals surface area (Å²) in [6, 6.07) is 0. The van der Waals surface area contributed by atoms with Gasteiger partial charge in [0.05, 0.1) is 6.54 Å². The van der Waals surface area contributed by atoms with Gasteiger partial charge in [-0.15, -0.1) is 0 Å². The summed E-state index contributed by atoms with van der Waals surface area (Å²) >= 11 is 0. The molecule has 2 heterocycles. The first-order valence-electron chi connectivity index (χ1n) is 8.73. The molecule has 2 unspecified atom stereocenters. The number of nitrogens with zero attached hydrogens (tertiary/aromatic N) is 2. The molecule has 0 bridgehead atoms. The summed E-state index contributed by atoms with van der Waals surface area (Å²) in [4.78, 5) is 17.0. The van der Waals surface area contributed by atoms with Gasteiger partial charge in [0.25, 0.3) is 0 Å². The molecule has 2 aliphatic rings. The second-order valence-electron chi connectivity index (χ2n) is 7.36. The predicted octanol–water partition coefficient (Wildman–Crippen LogP) is 1.81. The summed E-state index contributed by atoms with van der Waals surface area (Å²) in [5, 5.41) is 3.24. The van der Waals surface area contributed by atoms with Crippen LogP contribution in [0.2, 0.25) is 0 Å². The predicted molar refractivity (Wildman–Crippen MR) is 87.2 cm³/mol. The van der Waals surface area contributed by atoms with E-state index in [1.807, 2.05) is 7.05 Å². The molecule has 122 valence electrons. The highest BCUT2D eigenvalue weighted by Crippen LogP contribution is 2.22.